The van der Waals surface area contributed by atoms with Gasteiger partial charge in [0.2, 0.25) is 0 Å². The van der Waals surface area contributed by atoms with Crippen LogP contribution in [0.4, 0.5) is 0 Å². The third-order valence-corrected chi connectivity index (χ3v) is 2.78. The molecule has 0 amide bonds. The molecule has 2 nitrogen and oxygen atoms in total. The first-order valence-corrected chi connectivity index (χ1v) is 6.34. The van der Waals surface area contributed by atoms with E-state index >= 15 is 0 Å². The fourth-order valence-corrected chi connectivity index (χ4v) is 1.90. The van der Waals surface area contributed by atoms with Gasteiger partial charge in [0.15, 0.2) is 0 Å². The monoisotopic (exact) mass is 205 g/mol. The van der Waals surface area contributed by atoms with Crippen molar-refractivity contribution in [2.75, 3.05) is 38.3 Å². The molecule has 0 aliphatic rings. The molecule has 13 heavy (non-hydrogen) atoms. The number of unbranched alkanes of at least 4 members (excludes halogenated alkanes) is 1. The quantitative estimate of drug-likeness (QED) is 0.552. The highest BCUT2D eigenvalue weighted by atomic mass is 32.2. The summed E-state index contributed by atoms with van der Waals surface area (Å²) >= 11 is 1.99. The van der Waals surface area contributed by atoms with E-state index in [1.807, 2.05) is 11.8 Å². The Labute approximate surface area is 86.8 Å². The molecule has 0 aliphatic heterocycles. The molecule has 0 rings (SSSR count). The zero-order valence-corrected chi connectivity index (χ0v) is 9.79. The number of nitrogens with one attached hydrogen (secondary N) is 1. The fraction of sp³-hybridized carbons (Fsp3) is 1.00. The van der Waals surface area contributed by atoms with Gasteiger partial charge in [-0.25, -0.2) is 0 Å². The maximum absolute atomic E-state index is 4.97. The molecular weight excluding hydrogens is 182 g/mol. The van der Waals surface area contributed by atoms with Crippen molar-refractivity contribution in [3.05, 3.63) is 0 Å². The maximum atomic E-state index is 4.97. The molecular formula is C10H23NOS. The highest BCUT2D eigenvalue weighted by Gasteiger charge is 1.90. The first-order valence-electron chi connectivity index (χ1n) is 5.19. The van der Waals surface area contributed by atoms with E-state index in [0.29, 0.717) is 0 Å². The van der Waals surface area contributed by atoms with E-state index in [-0.39, 0.29) is 0 Å². The first kappa shape index (κ1) is 13.3. The van der Waals surface area contributed by atoms with Gasteiger partial charge in [-0.05, 0) is 38.1 Å². The van der Waals surface area contributed by atoms with Gasteiger partial charge in [0.25, 0.3) is 0 Å². The second-order valence-electron chi connectivity index (χ2n) is 3.06. The average Bonchev–Trinajstić information content (AvgIpc) is 2.16. The molecule has 0 aliphatic carbocycles. The average molecular weight is 205 g/mol. The molecule has 80 valence electrons. The predicted molar refractivity (Wildman–Crippen MR) is 61.6 cm³/mol. The minimum Gasteiger partial charge on any atom is -0.384 e. The van der Waals surface area contributed by atoms with E-state index in [1.54, 1.807) is 7.11 Å². The molecule has 0 bridgehead atoms. The van der Waals surface area contributed by atoms with E-state index in [4.69, 9.17) is 4.74 Å². The van der Waals surface area contributed by atoms with E-state index in [2.05, 4.69) is 12.2 Å². The van der Waals surface area contributed by atoms with Gasteiger partial charge in [-0.3, -0.25) is 0 Å². The lowest BCUT2D eigenvalue weighted by Gasteiger charge is -2.02. The molecule has 0 aromatic heterocycles. The van der Waals surface area contributed by atoms with Crippen molar-refractivity contribution in [2.45, 2.75) is 26.2 Å². The van der Waals surface area contributed by atoms with Gasteiger partial charge in [-0.15, -0.1) is 0 Å². The molecule has 0 unspecified atom stereocenters. The zero-order valence-electron chi connectivity index (χ0n) is 8.97. The van der Waals surface area contributed by atoms with Crippen molar-refractivity contribution < 1.29 is 4.74 Å². The van der Waals surface area contributed by atoms with Crippen LogP contribution in [0.5, 0.6) is 0 Å². The third-order valence-electron chi connectivity index (χ3n) is 1.75. The van der Waals surface area contributed by atoms with E-state index in [9.17, 15) is 0 Å². The first-order chi connectivity index (χ1) is 6.41. The second-order valence-corrected chi connectivity index (χ2v) is 4.29. The predicted octanol–water partition coefficient (Wildman–Crippen LogP) is 2.15. The molecule has 0 spiro atoms. The summed E-state index contributed by atoms with van der Waals surface area (Å²) in [6.45, 7) is 5.43. The van der Waals surface area contributed by atoms with Crippen LogP contribution in [0.3, 0.4) is 0 Å². The number of hydrogen-bond donors (Lipinski definition) is 1. The van der Waals surface area contributed by atoms with Crippen LogP contribution in [-0.4, -0.2) is 38.3 Å². The van der Waals surface area contributed by atoms with Gasteiger partial charge < -0.3 is 10.1 Å². The summed E-state index contributed by atoms with van der Waals surface area (Å²) in [7, 11) is 1.76. The fourth-order valence-electron chi connectivity index (χ4n) is 1.00. The molecule has 0 radical (unpaired) electrons. The normalized spacial score (nSPS) is 10.6. The summed E-state index contributed by atoms with van der Waals surface area (Å²) < 4.78 is 4.97. The van der Waals surface area contributed by atoms with Gasteiger partial charge >= 0.3 is 0 Å². The van der Waals surface area contributed by atoms with Crippen molar-refractivity contribution in [3.8, 4) is 0 Å². The smallest absolute Gasteiger partial charge is 0.0552 e. The molecule has 0 heterocycles. The van der Waals surface area contributed by atoms with Crippen LogP contribution in [-0.2, 0) is 4.74 Å². The molecule has 0 atom stereocenters. The highest BCUT2D eigenvalue weighted by molar-refractivity contribution is 7.99. The highest BCUT2D eigenvalue weighted by Crippen LogP contribution is 2.03. The van der Waals surface area contributed by atoms with E-state index in [0.717, 1.165) is 18.9 Å². The van der Waals surface area contributed by atoms with Crippen LogP contribution in [0, 0.1) is 0 Å². The van der Waals surface area contributed by atoms with Crippen molar-refractivity contribution >= 4 is 11.8 Å². The molecule has 0 aromatic rings. The standard InChI is InChI=1S/C10H23NOS/c1-3-6-11-7-4-5-9-13-10-8-12-2/h11H,3-10H2,1-2H3. The Kier molecular flexibility index (Phi) is 12.5. The summed E-state index contributed by atoms with van der Waals surface area (Å²) in [5, 5.41) is 3.40. The molecule has 0 fully saturated rings. The minimum absolute atomic E-state index is 0.888. The molecule has 0 saturated carbocycles. The molecule has 3 heteroatoms. The largest absolute Gasteiger partial charge is 0.384 e. The topological polar surface area (TPSA) is 21.3 Å². The van der Waals surface area contributed by atoms with Crippen LogP contribution < -0.4 is 5.32 Å². The van der Waals surface area contributed by atoms with Crippen molar-refractivity contribution in [1.29, 1.82) is 0 Å². The molecule has 0 aromatic carbocycles. The van der Waals surface area contributed by atoms with Crippen LogP contribution in [0.15, 0.2) is 0 Å². The lowest BCUT2D eigenvalue weighted by atomic mass is 10.3. The third kappa shape index (κ3) is 12.3. The van der Waals surface area contributed by atoms with Crippen LogP contribution in [0.25, 0.3) is 0 Å². The van der Waals surface area contributed by atoms with Crippen LogP contribution in [0.2, 0.25) is 0 Å². The summed E-state index contributed by atoms with van der Waals surface area (Å²) in [6.07, 6.45) is 3.87. The molecule has 0 saturated heterocycles. The zero-order chi connectivity index (χ0) is 9.78. The summed E-state index contributed by atoms with van der Waals surface area (Å²) in [4.78, 5) is 0. The molecule has 1 N–H and O–H groups in total. The Hall–Kier alpha value is 0.270. The van der Waals surface area contributed by atoms with Crippen molar-refractivity contribution in [1.82, 2.24) is 5.32 Å². The number of thioether (sulfide) groups is 1. The lowest BCUT2D eigenvalue weighted by molar-refractivity contribution is 0.218. The van der Waals surface area contributed by atoms with Gasteiger partial charge in [-0.2, -0.15) is 11.8 Å². The summed E-state index contributed by atoms with van der Waals surface area (Å²) in [5.74, 6) is 2.41. The van der Waals surface area contributed by atoms with Crippen LogP contribution >= 0.6 is 11.8 Å². The van der Waals surface area contributed by atoms with Gasteiger partial charge in [0.1, 0.15) is 0 Å². The van der Waals surface area contributed by atoms with Crippen molar-refractivity contribution in [2.24, 2.45) is 0 Å². The lowest BCUT2D eigenvalue weighted by Crippen LogP contribution is -2.15. The van der Waals surface area contributed by atoms with Gasteiger partial charge in [-0.1, -0.05) is 6.92 Å². The maximum Gasteiger partial charge on any atom is 0.0552 e. The van der Waals surface area contributed by atoms with Crippen molar-refractivity contribution in [3.63, 3.8) is 0 Å². The van der Waals surface area contributed by atoms with Gasteiger partial charge in [0.05, 0.1) is 6.61 Å². The second kappa shape index (κ2) is 12.3. The minimum atomic E-state index is 0.888. The Balaban J connectivity index is 2.76. The number of methoxy groups -OCH3 is 1. The number of hydrogen-bond acceptors (Lipinski definition) is 3. The summed E-state index contributed by atoms with van der Waals surface area (Å²) in [5.41, 5.74) is 0. The van der Waals surface area contributed by atoms with Gasteiger partial charge in [0, 0.05) is 12.9 Å². The van der Waals surface area contributed by atoms with E-state index in [1.165, 1.54) is 31.6 Å². The Morgan fingerprint density at radius 2 is 2.00 bits per heavy atom. The Morgan fingerprint density at radius 3 is 2.69 bits per heavy atom. The Bertz CT molecular complexity index is 81.0. The van der Waals surface area contributed by atoms with E-state index < -0.39 is 0 Å². The number of rotatable bonds is 10. The summed E-state index contributed by atoms with van der Waals surface area (Å²) in [6, 6.07) is 0. The number of ether oxygens (including phenoxy) is 1. The Morgan fingerprint density at radius 1 is 1.15 bits per heavy atom. The van der Waals surface area contributed by atoms with Crippen LogP contribution in [0.1, 0.15) is 26.2 Å². The SMILES string of the molecule is CCCNCCCCSCCOC.